The maximum atomic E-state index is 12.2. The Morgan fingerprint density at radius 2 is 1.71 bits per heavy atom. The summed E-state index contributed by atoms with van der Waals surface area (Å²) in [4.78, 5) is 14.2. The molecule has 1 amide bonds. The van der Waals surface area contributed by atoms with E-state index >= 15 is 0 Å². The standard InChI is InChI=1S/C17H23NO5S/c1-16(2)22-12-17(13-23-16)10-18(11-17)15(19)8-9-24(20,21)14-6-4-3-5-7-14/h3-7H,8-13H2,1-2H3. The molecule has 0 aliphatic carbocycles. The highest BCUT2D eigenvalue weighted by Crippen LogP contribution is 2.37. The molecule has 0 unspecified atom stereocenters. The van der Waals surface area contributed by atoms with Crippen LogP contribution in [0.3, 0.4) is 0 Å². The van der Waals surface area contributed by atoms with E-state index in [1.54, 1.807) is 35.2 Å². The molecule has 2 heterocycles. The maximum absolute atomic E-state index is 12.2. The molecular formula is C17H23NO5S. The average Bonchev–Trinajstić information content (AvgIpc) is 2.52. The molecule has 0 N–H and O–H groups in total. The number of sulfone groups is 1. The van der Waals surface area contributed by atoms with Gasteiger partial charge in [-0.05, 0) is 26.0 Å². The third-order valence-electron chi connectivity index (χ3n) is 4.54. The molecule has 6 nitrogen and oxygen atoms in total. The number of benzene rings is 1. The van der Waals surface area contributed by atoms with Gasteiger partial charge in [-0.2, -0.15) is 0 Å². The first-order valence-electron chi connectivity index (χ1n) is 8.05. The summed E-state index contributed by atoms with van der Waals surface area (Å²) in [5.41, 5.74) is -0.135. The minimum absolute atomic E-state index is 0.000511. The lowest BCUT2D eigenvalue weighted by molar-refractivity contribution is -0.302. The van der Waals surface area contributed by atoms with Crippen molar-refractivity contribution in [3.63, 3.8) is 0 Å². The number of hydrogen-bond donors (Lipinski definition) is 0. The van der Waals surface area contributed by atoms with Crippen molar-refractivity contribution in [1.29, 1.82) is 0 Å². The number of amides is 1. The van der Waals surface area contributed by atoms with Crippen LogP contribution in [0, 0.1) is 5.41 Å². The number of likely N-dealkylation sites (tertiary alicyclic amines) is 1. The minimum Gasteiger partial charge on any atom is -0.350 e. The van der Waals surface area contributed by atoms with Crippen LogP contribution in [0.15, 0.2) is 35.2 Å². The molecule has 2 fully saturated rings. The van der Waals surface area contributed by atoms with Gasteiger partial charge in [-0.3, -0.25) is 4.79 Å². The highest BCUT2D eigenvalue weighted by atomic mass is 32.2. The van der Waals surface area contributed by atoms with Crippen LogP contribution in [-0.2, 0) is 24.1 Å². The Morgan fingerprint density at radius 3 is 2.29 bits per heavy atom. The van der Waals surface area contributed by atoms with Gasteiger partial charge in [0.05, 0.1) is 29.3 Å². The first-order chi connectivity index (χ1) is 11.2. The van der Waals surface area contributed by atoms with Gasteiger partial charge < -0.3 is 14.4 Å². The molecule has 0 bridgehead atoms. The van der Waals surface area contributed by atoms with Crippen molar-refractivity contribution in [1.82, 2.24) is 4.90 Å². The van der Waals surface area contributed by atoms with E-state index < -0.39 is 15.6 Å². The topological polar surface area (TPSA) is 72.9 Å². The molecule has 1 spiro atoms. The summed E-state index contributed by atoms with van der Waals surface area (Å²) in [5.74, 6) is -0.872. The molecule has 1 aromatic carbocycles. The van der Waals surface area contributed by atoms with Crippen LogP contribution in [0.2, 0.25) is 0 Å². The average molecular weight is 353 g/mol. The smallest absolute Gasteiger partial charge is 0.223 e. The van der Waals surface area contributed by atoms with E-state index in [-0.39, 0.29) is 28.4 Å². The predicted molar refractivity (Wildman–Crippen MR) is 88.1 cm³/mol. The third kappa shape index (κ3) is 3.63. The van der Waals surface area contributed by atoms with Crippen LogP contribution in [0.25, 0.3) is 0 Å². The fourth-order valence-corrected chi connectivity index (χ4v) is 4.24. The van der Waals surface area contributed by atoms with Crippen molar-refractivity contribution < 1.29 is 22.7 Å². The van der Waals surface area contributed by atoms with Crippen LogP contribution < -0.4 is 0 Å². The van der Waals surface area contributed by atoms with Gasteiger partial charge in [0.15, 0.2) is 15.6 Å². The number of carbonyl (C=O) groups excluding carboxylic acids is 1. The number of rotatable bonds is 4. The second-order valence-corrected chi connectivity index (χ2v) is 9.22. The lowest BCUT2D eigenvalue weighted by Crippen LogP contribution is -2.65. The summed E-state index contributed by atoms with van der Waals surface area (Å²) in [7, 11) is -3.42. The molecule has 0 atom stereocenters. The lowest BCUT2D eigenvalue weighted by atomic mass is 9.80. The Labute approximate surface area is 142 Å². The van der Waals surface area contributed by atoms with Gasteiger partial charge >= 0.3 is 0 Å². The Kier molecular flexibility index (Phi) is 4.44. The molecule has 2 aliphatic heterocycles. The number of carbonyl (C=O) groups is 1. The van der Waals surface area contributed by atoms with Crippen LogP contribution in [0.4, 0.5) is 0 Å². The fourth-order valence-electron chi connectivity index (χ4n) is 2.98. The maximum Gasteiger partial charge on any atom is 0.223 e. The molecule has 132 valence electrons. The second kappa shape index (κ2) is 6.13. The molecule has 7 heteroatoms. The highest BCUT2D eigenvalue weighted by molar-refractivity contribution is 7.91. The Balaban J connectivity index is 1.50. The molecule has 1 aromatic rings. The van der Waals surface area contributed by atoms with Gasteiger partial charge in [0.2, 0.25) is 5.91 Å². The van der Waals surface area contributed by atoms with Crippen LogP contribution in [-0.4, -0.2) is 57.1 Å². The molecular weight excluding hydrogens is 330 g/mol. The normalized spacial score (nSPS) is 22.2. The zero-order valence-corrected chi connectivity index (χ0v) is 14.8. The van der Waals surface area contributed by atoms with Crippen molar-refractivity contribution in [3.05, 3.63) is 30.3 Å². The van der Waals surface area contributed by atoms with Gasteiger partial charge in [0, 0.05) is 19.5 Å². The van der Waals surface area contributed by atoms with Crippen molar-refractivity contribution in [3.8, 4) is 0 Å². The monoisotopic (exact) mass is 353 g/mol. The van der Waals surface area contributed by atoms with E-state index in [2.05, 4.69) is 0 Å². The van der Waals surface area contributed by atoms with Gasteiger partial charge in [-0.1, -0.05) is 18.2 Å². The van der Waals surface area contributed by atoms with Gasteiger partial charge in [0.25, 0.3) is 0 Å². The Morgan fingerprint density at radius 1 is 1.12 bits per heavy atom. The van der Waals surface area contributed by atoms with Crippen molar-refractivity contribution in [2.24, 2.45) is 5.41 Å². The molecule has 3 rings (SSSR count). The Hall–Kier alpha value is -1.44. The van der Waals surface area contributed by atoms with E-state index in [0.717, 1.165) is 0 Å². The number of ether oxygens (including phenoxy) is 2. The van der Waals surface area contributed by atoms with E-state index in [1.165, 1.54) is 0 Å². The molecule has 0 radical (unpaired) electrons. The molecule has 2 saturated heterocycles. The predicted octanol–water partition coefficient (Wildman–Crippen LogP) is 1.46. The van der Waals surface area contributed by atoms with E-state index in [4.69, 9.17) is 9.47 Å². The fraction of sp³-hybridized carbons (Fsp3) is 0.588. The lowest BCUT2D eigenvalue weighted by Gasteiger charge is -2.54. The summed E-state index contributed by atoms with van der Waals surface area (Å²) in [6.07, 6.45) is 0.000511. The van der Waals surface area contributed by atoms with E-state index in [1.807, 2.05) is 13.8 Å². The second-order valence-electron chi connectivity index (χ2n) is 7.11. The van der Waals surface area contributed by atoms with Crippen molar-refractivity contribution in [2.75, 3.05) is 32.1 Å². The third-order valence-corrected chi connectivity index (χ3v) is 6.28. The molecule has 0 saturated carbocycles. The zero-order valence-electron chi connectivity index (χ0n) is 14.0. The first kappa shape index (κ1) is 17.4. The SMILES string of the molecule is CC1(C)OCC2(CO1)CN(C(=O)CCS(=O)(=O)c1ccccc1)C2. The molecule has 24 heavy (non-hydrogen) atoms. The summed E-state index contributed by atoms with van der Waals surface area (Å²) in [6, 6.07) is 8.23. The summed E-state index contributed by atoms with van der Waals surface area (Å²) < 4.78 is 35.8. The summed E-state index contributed by atoms with van der Waals surface area (Å²) in [5, 5.41) is 0. The minimum atomic E-state index is -3.42. The largest absolute Gasteiger partial charge is 0.350 e. The van der Waals surface area contributed by atoms with Gasteiger partial charge in [-0.15, -0.1) is 0 Å². The van der Waals surface area contributed by atoms with Crippen LogP contribution in [0.5, 0.6) is 0 Å². The quantitative estimate of drug-likeness (QED) is 0.819. The number of hydrogen-bond acceptors (Lipinski definition) is 5. The van der Waals surface area contributed by atoms with Crippen LogP contribution in [0.1, 0.15) is 20.3 Å². The van der Waals surface area contributed by atoms with Crippen molar-refractivity contribution >= 4 is 15.7 Å². The van der Waals surface area contributed by atoms with Crippen molar-refractivity contribution in [2.45, 2.75) is 31.0 Å². The zero-order chi connectivity index (χ0) is 17.4. The molecule has 0 aromatic heterocycles. The summed E-state index contributed by atoms with van der Waals surface area (Å²) >= 11 is 0. The number of nitrogens with zero attached hydrogens (tertiary/aromatic N) is 1. The Bertz CT molecular complexity index is 696. The first-order valence-corrected chi connectivity index (χ1v) is 9.70. The highest BCUT2D eigenvalue weighted by Gasteiger charge is 2.50. The van der Waals surface area contributed by atoms with Gasteiger partial charge in [-0.25, -0.2) is 8.42 Å². The van der Waals surface area contributed by atoms with Gasteiger partial charge in [0.1, 0.15) is 0 Å². The van der Waals surface area contributed by atoms with E-state index in [0.29, 0.717) is 26.3 Å². The van der Waals surface area contributed by atoms with E-state index in [9.17, 15) is 13.2 Å². The molecule has 2 aliphatic rings. The summed E-state index contributed by atoms with van der Waals surface area (Å²) in [6.45, 7) is 5.99. The van der Waals surface area contributed by atoms with Crippen LogP contribution >= 0.6 is 0 Å².